The SMILES string of the molecule is CC(C(=O)Nc1ccc(Cl)cn1)N1CCCC1c1nc2ccccc2s1. The van der Waals surface area contributed by atoms with Gasteiger partial charge >= 0.3 is 0 Å². The molecule has 1 N–H and O–H groups in total. The molecule has 7 heteroatoms. The highest BCUT2D eigenvalue weighted by Gasteiger charge is 2.34. The predicted molar refractivity (Wildman–Crippen MR) is 106 cm³/mol. The molecule has 5 nitrogen and oxygen atoms in total. The number of rotatable bonds is 4. The first-order valence-electron chi connectivity index (χ1n) is 8.65. The third-order valence-corrected chi connectivity index (χ3v) is 6.11. The molecule has 134 valence electrons. The number of nitrogens with zero attached hydrogens (tertiary/aromatic N) is 3. The Morgan fingerprint density at radius 2 is 2.19 bits per heavy atom. The average Bonchev–Trinajstić information content (AvgIpc) is 3.29. The standard InChI is InChI=1S/C19H19ClN4OS/c1-12(18(25)23-17-9-8-13(20)11-21-17)24-10-4-6-15(24)19-22-14-5-2-3-7-16(14)26-19/h2-3,5,7-9,11-12,15H,4,6,10H2,1H3,(H,21,23,25). The van der Waals surface area contributed by atoms with Crippen LogP contribution in [0.5, 0.6) is 0 Å². The van der Waals surface area contributed by atoms with E-state index in [1.54, 1.807) is 23.5 Å². The van der Waals surface area contributed by atoms with Crippen LogP contribution in [-0.2, 0) is 4.79 Å². The zero-order valence-electron chi connectivity index (χ0n) is 14.4. The quantitative estimate of drug-likeness (QED) is 0.716. The Morgan fingerprint density at radius 1 is 1.35 bits per heavy atom. The number of carbonyl (C=O) groups is 1. The number of benzene rings is 1. The zero-order chi connectivity index (χ0) is 18.1. The molecule has 2 aromatic heterocycles. The number of carbonyl (C=O) groups excluding carboxylic acids is 1. The van der Waals surface area contributed by atoms with Gasteiger partial charge in [-0.25, -0.2) is 9.97 Å². The monoisotopic (exact) mass is 386 g/mol. The highest BCUT2D eigenvalue weighted by atomic mass is 35.5. The highest BCUT2D eigenvalue weighted by Crippen LogP contribution is 2.37. The number of likely N-dealkylation sites (tertiary alicyclic amines) is 1. The Balaban J connectivity index is 1.51. The van der Waals surface area contributed by atoms with Crippen molar-refractivity contribution in [1.82, 2.24) is 14.9 Å². The Bertz CT molecular complexity index is 894. The van der Waals surface area contributed by atoms with E-state index in [-0.39, 0.29) is 18.0 Å². The fourth-order valence-electron chi connectivity index (χ4n) is 3.38. The minimum atomic E-state index is -0.257. The largest absolute Gasteiger partial charge is 0.309 e. The maximum absolute atomic E-state index is 12.7. The van der Waals surface area contributed by atoms with Gasteiger partial charge in [-0.2, -0.15) is 0 Å². The van der Waals surface area contributed by atoms with Crippen molar-refractivity contribution in [3.05, 3.63) is 52.6 Å². The van der Waals surface area contributed by atoms with E-state index in [0.717, 1.165) is 29.9 Å². The fraction of sp³-hybridized carbons (Fsp3) is 0.316. The number of hydrogen-bond donors (Lipinski definition) is 1. The molecule has 1 aromatic carbocycles. The maximum Gasteiger partial charge on any atom is 0.242 e. The molecule has 0 radical (unpaired) electrons. The molecule has 1 amide bonds. The molecule has 4 rings (SSSR count). The van der Waals surface area contributed by atoms with Crippen LogP contribution in [0, 0.1) is 0 Å². The van der Waals surface area contributed by atoms with Crippen LogP contribution in [0.2, 0.25) is 5.02 Å². The molecule has 1 aliphatic heterocycles. The minimum absolute atomic E-state index is 0.0622. The van der Waals surface area contributed by atoms with Crippen molar-refractivity contribution in [2.45, 2.75) is 31.8 Å². The Hall–Kier alpha value is -2.02. The van der Waals surface area contributed by atoms with E-state index < -0.39 is 0 Å². The van der Waals surface area contributed by atoms with Gasteiger partial charge in [0.1, 0.15) is 10.8 Å². The van der Waals surface area contributed by atoms with Crippen molar-refractivity contribution in [2.75, 3.05) is 11.9 Å². The van der Waals surface area contributed by atoms with E-state index in [9.17, 15) is 4.79 Å². The third-order valence-electron chi connectivity index (χ3n) is 4.75. The topological polar surface area (TPSA) is 58.1 Å². The molecule has 0 aliphatic carbocycles. The van der Waals surface area contributed by atoms with Gasteiger partial charge in [0.2, 0.25) is 5.91 Å². The molecule has 1 aliphatic rings. The summed E-state index contributed by atoms with van der Waals surface area (Å²) in [6, 6.07) is 11.5. The highest BCUT2D eigenvalue weighted by molar-refractivity contribution is 7.18. The van der Waals surface area contributed by atoms with Gasteiger partial charge in [0.05, 0.1) is 27.3 Å². The number of amides is 1. The lowest BCUT2D eigenvalue weighted by Gasteiger charge is -2.28. The molecule has 26 heavy (non-hydrogen) atoms. The fourth-order valence-corrected chi connectivity index (χ4v) is 4.62. The first-order valence-corrected chi connectivity index (χ1v) is 9.85. The lowest BCUT2D eigenvalue weighted by molar-refractivity contribution is -0.121. The van der Waals surface area contributed by atoms with E-state index in [4.69, 9.17) is 16.6 Å². The number of hydrogen-bond acceptors (Lipinski definition) is 5. The van der Waals surface area contributed by atoms with Crippen LogP contribution < -0.4 is 5.32 Å². The van der Waals surface area contributed by atoms with Gasteiger partial charge in [0, 0.05) is 6.20 Å². The van der Waals surface area contributed by atoms with E-state index in [2.05, 4.69) is 21.3 Å². The number of fused-ring (bicyclic) bond motifs is 1. The Morgan fingerprint density at radius 3 is 2.96 bits per heavy atom. The summed E-state index contributed by atoms with van der Waals surface area (Å²) in [5, 5.41) is 4.52. The number of aromatic nitrogens is 2. The van der Waals surface area contributed by atoms with Gasteiger partial charge in [-0.3, -0.25) is 9.69 Å². The number of halogens is 1. The van der Waals surface area contributed by atoms with E-state index in [1.807, 2.05) is 25.1 Å². The number of para-hydroxylation sites is 1. The van der Waals surface area contributed by atoms with Crippen LogP contribution in [-0.4, -0.2) is 33.4 Å². The summed E-state index contributed by atoms with van der Waals surface area (Å²) in [7, 11) is 0. The molecule has 1 fully saturated rings. The molecule has 2 atom stereocenters. The van der Waals surface area contributed by atoms with Crippen molar-refractivity contribution in [1.29, 1.82) is 0 Å². The average molecular weight is 387 g/mol. The number of anilines is 1. The summed E-state index contributed by atoms with van der Waals surface area (Å²) in [5.74, 6) is 0.454. The first kappa shape index (κ1) is 17.4. The minimum Gasteiger partial charge on any atom is -0.309 e. The smallest absolute Gasteiger partial charge is 0.242 e. The van der Waals surface area contributed by atoms with Crippen LogP contribution in [0.15, 0.2) is 42.6 Å². The predicted octanol–water partition coefficient (Wildman–Crippen LogP) is 4.51. The van der Waals surface area contributed by atoms with Gasteiger partial charge in [-0.15, -0.1) is 11.3 Å². The summed E-state index contributed by atoms with van der Waals surface area (Å²) < 4.78 is 1.19. The van der Waals surface area contributed by atoms with Crippen molar-refractivity contribution < 1.29 is 4.79 Å². The summed E-state index contributed by atoms with van der Waals surface area (Å²) in [4.78, 5) is 23.9. The number of nitrogens with one attached hydrogen (secondary N) is 1. The summed E-state index contributed by atoms with van der Waals surface area (Å²) in [6.07, 6.45) is 3.62. The van der Waals surface area contributed by atoms with Crippen molar-refractivity contribution in [2.24, 2.45) is 0 Å². The molecule has 0 spiro atoms. The zero-order valence-corrected chi connectivity index (χ0v) is 15.9. The molecule has 3 aromatic rings. The second-order valence-corrected chi connectivity index (χ2v) is 7.94. The van der Waals surface area contributed by atoms with Crippen LogP contribution in [0.4, 0.5) is 5.82 Å². The van der Waals surface area contributed by atoms with Crippen LogP contribution in [0.3, 0.4) is 0 Å². The van der Waals surface area contributed by atoms with Gasteiger partial charge in [-0.1, -0.05) is 23.7 Å². The van der Waals surface area contributed by atoms with Crippen LogP contribution in [0.25, 0.3) is 10.2 Å². The second-order valence-electron chi connectivity index (χ2n) is 6.44. The second kappa shape index (κ2) is 7.31. The molecular weight excluding hydrogens is 368 g/mol. The van der Waals surface area contributed by atoms with Crippen LogP contribution in [0.1, 0.15) is 30.8 Å². The van der Waals surface area contributed by atoms with Gasteiger partial charge in [0.25, 0.3) is 0 Å². The van der Waals surface area contributed by atoms with Gasteiger partial charge in [-0.05, 0) is 50.6 Å². The van der Waals surface area contributed by atoms with Crippen molar-refractivity contribution in [3.8, 4) is 0 Å². The molecule has 2 unspecified atom stereocenters. The maximum atomic E-state index is 12.7. The Labute approximate surface area is 161 Å². The number of pyridine rings is 1. The van der Waals surface area contributed by atoms with Gasteiger partial charge in [0.15, 0.2) is 0 Å². The molecule has 3 heterocycles. The third kappa shape index (κ3) is 3.45. The van der Waals surface area contributed by atoms with Crippen molar-refractivity contribution in [3.63, 3.8) is 0 Å². The molecule has 0 saturated carbocycles. The van der Waals surface area contributed by atoms with Gasteiger partial charge < -0.3 is 5.32 Å². The van der Waals surface area contributed by atoms with Crippen molar-refractivity contribution >= 4 is 44.9 Å². The lowest BCUT2D eigenvalue weighted by atomic mass is 10.2. The van der Waals surface area contributed by atoms with E-state index in [0.29, 0.717) is 10.8 Å². The van der Waals surface area contributed by atoms with E-state index in [1.165, 1.54) is 10.9 Å². The molecule has 0 bridgehead atoms. The normalized spacial score (nSPS) is 18.9. The first-order chi connectivity index (χ1) is 12.6. The summed E-state index contributed by atoms with van der Waals surface area (Å²) in [5.41, 5.74) is 1.03. The summed E-state index contributed by atoms with van der Waals surface area (Å²) in [6.45, 7) is 2.83. The van der Waals surface area contributed by atoms with Crippen LogP contribution >= 0.6 is 22.9 Å². The number of thiazole rings is 1. The summed E-state index contributed by atoms with van der Waals surface area (Å²) >= 11 is 7.57. The lowest BCUT2D eigenvalue weighted by Crippen LogP contribution is -2.41. The Kier molecular flexibility index (Phi) is 4.89. The molecular formula is C19H19ClN4OS. The van der Waals surface area contributed by atoms with E-state index >= 15 is 0 Å². The molecule has 1 saturated heterocycles.